The van der Waals surface area contributed by atoms with E-state index >= 15 is 0 Å². The van der Waals surface area contributed by atoms with Crippen LogP contribution in [0, 0.1) is 10.5 Å². The number of benzene rings is 2. The Morgan fingerprint density at radius 3 is 2.50 bits per heavy atom. The minimum absolute atomic E-state index is 1.04. The van der Waals surface area contributed by atoms with Gasteiger partial charge in [-0.15, -0.1) is 0 Å². The monoisotopic (exact) mass is 345 g/mol. The van der Waals surface area contributed by atoms with Crippen LogP contribution in [-0.4, -0.2) is 4.98 Å². The molecule has 0 bridgehead atoms. The van der Waals surface area contributed by atoms with E-state index in [-0.39, 0.29) is 0 Å². The Bertz CT molecular complexity index is 705. The minimum atomic E-state index is 1.04. The van der Waals surface area contributed by atoms with E-state index in [2.05, 4.69) is 65.9 Å². The molecule has 3 rings (SSSR count). The first-order valence-corrected chi connectivity index (χ1v) is 6.94. The maximum absolute atomic E-state index is 4.74. The van der Waals surface area contributed by atoms with Crippen LogP contribution in [-0.2, 0) is 0 Å². The van der Waals surface area contributed by atoms with Gasteiger partial charge in [-0.3, -0.25) is 0 Å². The zero-order chi connectivity index (χ0) is 12.5. The maximum Gasteiger partial charge on any atom is 0.0712 e. The molecule has 1 aromatic heterocycles. The average molecular weight is 345 g/mol. The molecule has 0 radical (unpaired) electrons. The van der Waals surface area contributed by atoms with Gasteiger partial charge in [0.25, 0.3) is 0 Å². The number of rotatable bonds is 1. The molecule has 1 nitrogen and oxygen atoms in total. The van der Waals surface area contributed by atoms with E-state index < -0.39 is 0 Å². The summed E-state index contributed by atoms with van der Waals surface area (Å²) in [5.74, 6) is 0. The van der Waals surface area contributed by atoms with Gasteiger partial charge < -0.3 is 0 Å². The standard InChI is InChI=1S/C16H12IN/c1-11-9-16(12-5-3-2-4-6-12)18-15-8-7-13(17)10-14(11)15/h2-10H,1H3. The lowest BCUT2D eigenvalue weighted by Crippen LogP contribution is -1.89. The van der Waals surface area contributed by atoms with E-state index in [9.17, 15) is 0 Å². The smallest absolute Gasteiger partial charge is 0.0712 e. The predicted molar refractivity (Wildman–Crippen MR) is 84.6 cm³/mol. The molecule has 0 fully saturated rings. The van der Waals surface area contributed by atoms with Crippen molar-refractivity contribution < 1.29 is 0 Å². The van der Waals surface area contributed by atoms with Gasteiger partial charge in [0.2, 0.25) is 0 Å². The second-order valence-corrected chi connectivity index (χ2v) is 5.60. The number of hydrogen-bond donors (Lipinski definition) is 0. The molecule has 0 aliphatic carbocycles. The lowest BCUT2D eigenvalue weighted by atomic mass is 10.1. The largest absolute Gasteiger partial charge is 0.248 e. The third-order valence-electron chi connectivity index (χ3n) is 3.05. The third-order valence-corrected chi connectivity index (χ3v) is 3.72. The molecule has 0 atom stereocenters. The van der Waals surface area contributed by atoms with E-state index in [0.29, 0.717) is 0 Å². The number of fused-ring (bicyclic) bond motifs is 1. The van der Waals surface area contributed by atoms with Gasteiger partial charge in [0.05, 0.1) is 11.2 Å². The fourth-order valence-corrected chi connectivity index (χ4v) is 2.61. The van der Waals surface area contributed by atoms with Crippen molar-refractivity contribution in [3.8, 4) is 11.3 Å². The number of hydrogen-bond acceptors (Lipinski definition) is 1. The van der Waals surface area contributed by atoms with Gasteiger partial charge in [-0.25, -0.2) is 4.98 Å². The highest BCUT2D eigenvalue weighted by atomic mass is 127. The highest BCUT2D eigenvalue weighted by molar-refractivity contribution is 14.1. The number of pyridine rings is 1. The molecule has 0 aliphatic rings. The van der Waals surface area contributed by atoms with Crippen molar-refractivity contribution in [1.82, 2.24) is 4.98 Å². The zero-order valence-electron chi connectivity index (χ0n) is 10.0. The van der Waals surface area contributed by atoms with Crippen LogP contribution in [0.15, 0.2) is 54.6 Å². The Hall–Kier alpha value is -1.42. The summed E-state index contributed by atoms with van der Waals surface area (Å²) in [6, 6.07) is 18.9. The van der Waals surface area contributed by atoms with Crippen molar-refractivity contribution in [3.63, 3.8) is 0 Å². The quantitative estimate of drug-likeness (QED) is 0.577. The van der Waals surface area contributed by atoms with Crippen LogP contribution in [0.1, 0.15) is 5.56 Å². The van der Waals surface area contributed by atoms with E-state index in [1.165, 1.54) is 20.1 Å². The molecule has 0 unspecified atom stereocenters. The van der Waals surface area contributed by atoms with Crippen molar-refractivity contribution in [3.05, 3.63) is 63.7 Å². The van der Waals surface area contributed by atoms with Gasteiger partial charge in [-0.1, -0.05) is 30.3 Å². The predicted octanol–water partition coefficient (Wildman–Crippen LogP) is 4.81. The summed E-state index contributed by atoms with van der Waals surface area (Å²) in [5.41, 5.74) is 4.55. The Labute approximate surface area is 120 Å². The zero-order valence-corrected chi connectivity index (χ0v) is 12.2. The highest BCUT2D eigenvalue weighted by Crippen LogP contribution is 2.25. The van der Waals surface area contributed by atoms with Gasteiger partial charge in [0.15, 0.2) is 0 Å². The van der Waals surface area contributed by atoms with Crippen molar-refractivity contribution in [2.24, 2.45) is 0 Å². The van der Waals surface area contributed by atoms with Gasteiger partial charge in [-0.2, -0.15) is 0 Å². The lowest BCUT2D eigenvalue weighted by Gasteiger charge is -2.07. The summed E-state index contributed by atoms with van der Waals surface area (Å²) in [5, 5.41) is 1.24. The van der Waals surface area contributed by atoms with Gasteiger partial charge in [0, 0.05) is 14.5 Å². The molecule has 0 saturated heterocycles. The fraction of sp³-hybridized carbons (Fsp3) is 0.0625. The fourth-order valence-electron chi connectivity index (χ4n) is 2.12. The van der Waals surface area contributed by atoms with E-state index in [0.717, 1.165) is 11.2 Å². The molecular formula is C16H12IN. The van der Waals surface area contributed by atoms with Crippen molar-refractivity contribution in [2.45, 2.75) is 6.92 Å². The van der Waals surface area contributed by atoms with Crippen LogP contribution < -0.4 is 0 Å². The van der Waals surface area contributed by atoms with E-state index in [1.807, 2.05) is 18.2 Å². The molecule has 0 spiro atoms. The van der Waals surface area contributed by atoms with Crippen LogP contribution >= 0.6 is 22.6 Å². The van der Waals surface area contributed by atoms with Crippen LogP contribution in [0.3, 0.4) is 0 Å². The maximum atomic E-state index is 4.74. The van der Waals surface area contributed by atoms with E-state index in [4.69, 9.17) is 4.98 Å². The van der Waals surface area contributed by atoms with E-state index in [1.54, 1.807) is 0 Å². The molecule has 0 N–H and O–H groups in total. The second-order valence-electron chi connectivity index (χ2n) is 4.35. The summed E-state index contributed by atoms with van der Waals surface area (Å²) in [6.45, 7) is 2.15. The number of halogens is 1. The molecule has 0 saturated carbocycles. The molecule has 0 aliphatic heterocycles. The van der Waals surface area contributed by atoms with Gasteiger partial charge >= 0.3 is 0 Å². The highest BCUT2D eigenvalue weighted by Gasteiger charge is 2.04. The molecule has 2 heteroatoms. The molecule has 88 valence electrons. The van der Waals surface area contributed by atoms with Crippen molar-refractivity contribution >= 4 is 33.5 Å². The summed E-state index contributed by atoms with van der Waals surface area (Å²) in [4.78, 5) is 4.74. The van der Waals surface area contributed by atoms with Gasteiger partial charge in [-0.05, 0) is 59.3 Å². The number of aromatic nitrogens is 1. The normalized spacial score (nSPS) is 10.8. The van der Waals surface area contributed by atoms with Crippen molar-refractivity contribution in [1.29, 1.82) is 0 Å². The molecule has 1 heterocycles. The number of nitrogens with zero attached hydrogens (tertiary/aromatic N) is 1. The molecule has 18 heavy (non-hydrogen) atoms. The first-order chi connectivity index (χ1) is 8.74. The Kier molecular flexibility index (Phi) is 3.04. The van der Waals surface area contributed by atoms with Crippen LogP contribution in [0.4, 0.5) is 0 Å². The summed E-state index contributed by atoms with van der Waals surface area (Å²) in [6.07, 6.45) is 0. The summed E-state index contributed by atoms with van der Waals surface area (Å²) >= 11 is 2.34. The molecular weight excluding hydrogens is 333 g/mol. The molecule has 3 aromatic rings. The van der Waals surface area contributed by atoms with Gasteiger partial charge in [0.1, 0.15) is 0 Å². The number of aryl methyl sites for hydroxylation is 1. The average Bonchev–Trinajstić information content (AvgIpc) is 2.40. The first-order valence-electron chi connectivity index (χ1n) is 5.86. The minimum Gasteiger partial charge on any atom is -0.248 e. The Morgan fingerprint density at radius 2 is 1.72 bits per heavy atom. The van der Waals surface area contributed by atoms with Crippen LogP contribution in [0.2, 0.25) is 0 Å². The van der Waals surface area contributed by atoms with Crippen molar-refractivity contribution in [2.75, 3.05) is 0 Å². The van der Waals surface area contributed by atoms with Crippen LogP contribution in [0.25, 0.3) is 22.2 Å². The topological polar surface area (TPSA) is 12.9 Å². The third kappa shape index (κ3) is 2.12. The summed E-state index contributed by atoms with van der Waals surface area (Å²) in [7, 11) is 0. The first kappa shape index (κ1) is 11.7. The lowest BCUT2D eigenvalue weighted by molar-refractivity contribution is 1.36. The summed E-state index contributed by atoms with van der Waals surface area (Å²) < 4.78 is 1.25. The Morgan fingerprint density at radius 1 is 0.944 bits per heavy atom. The SMILES string of the molecule is Cc1cc(-c2ccccc2)nc2ccc(I)cc12. The van der Waals surface area contributed by atoms with Crippen LogP contribution in [0.5, 0.6) is 0 Å². The molecule has 2 aromatic carbocycles. The molecule has 0 amide bonds. The second kappa shape index (κ2) is 4.69. The Balaban J connectivity index is 2.25.